The van der Waals surface area contributed by atoms with E-state index >= 15 is 0 Å². The highest BCUT2D eigenvalue weighted by molar-refractivity contribution is 7.99. The van der Waals surface area contributed by atoms with Gasteiger partial charge in [0, 0.05) is 49.1 Å². The van der Waals surface area contributed by atoms with Crippen LogP contribution in [-0.4, -0.2) is 74.8 Å². The molecule has 0 aliphatic carbocycles. The second-order valence-electron chi connectivity index (χ2n) is 11.8. The summed E-state index contributed by atoms with van der Waals surface area (Å²) >= 11 is 1.52. The molecule has 2 heterocycles. The molecule has 0 N–H and O–H groups in total. The number of fused-ring (bicyclic) bond motifs is 3. The van der Waals surface area contributed by atoms with Crippen LogP contribution in [0.4, 0.5) is 24.5 Å². The van der Waals surface area contributed by atoms with Crippen LogP contribution in [0.2, 0.25) is 0 Å². The van der Waals surface area contributed by atoms with Crippen LogP contribution >= 0.6 is 11.8 Å². The number of ether oxygens (including phenoxy) is 2. The fraction of sp³-hybridized carbons (Fsp3) is 0.361. The number of hydrogen-bond acceptors (Lipinski definition) is 7. The highest BCUT2D eigenvalue weighted by Gasteiger charge is 2.33. The number of benzene rings is 4. The van der Waals surface area contributed by atoms with E-state index in [1.807, 2.05) is 78.6 Å². The SMILES string of the molecule is CC(COc1ccc2ccccc2c1)C(=O)OCCN1CCN(CCCN2c3ccccc3Sc3ccc(C(F)(F)F)cc32)CC1. The van der Waals surface area contributed by atoms with Gasteiger partial charge in [0.25, 0.3) is 0 Å². The molecule has 6 nitrogen and oxygen atoms in total. The van der Waals surface area contributed by atoms with Gasteiger partial charge in [-0.1, -0.05) is 54.2 Å². The number of alkyl halides is 3. The molecule has 2 aliphatic rings. The van der Waals surface area contributed by atoms with Crippen LogP contribution in [-0.2, 0) is 15.7 Å². The van der Waals surface area contributed by atoms with Crippen molar-refractivity contribution < 1.29 is 27.4 Å². The van der Waals surface area contributed by atoms with Crippen LogP contribution in [0.15, 0.2) is 94.7 Å². The van der Waals surface area contributed by atoms with E-state index in [2.05, 4.69) is 9.80 Å². The van der Waals surface area contributed by atoms with Crippen LogP contribution in [0.3, 0.4) is 0 Å². The van der Waals surface area contributed by atoms with Gasteiger partial charge in [0.2, 0.25) is 0 Å². The number of carbonyl (C=O) groups is 1. The zero-order valence-corrected chi connectivity index (χ0v) is 26.7. The van der Waals surface area contributed by atoms with Gasteiger partial charge >= 0.3 is 12.1 Å². The first-order valence-corrected chi connectivity index (χ1v) is 16.5. The summed E-state index contributed by atoms with van der Waals surface area (Å²) in [5.41, 5.74) is 0.947. The van der Waals surface area contributed by atoms with Crippen molar-refractivity contribution >= 4 is 39.9 Å². The molecule has 0 saturated carbocycles. The standard InChI is InChI=1S/C36H38F3N3O3S/c1-26(25-45-30-13-11-27-7-2-3-8-28(27)23-30)35(43)44-22-21-41-19-17-40(18-20-41)15-6-16-42-31-9-4-5-10-33(31)46-34-14-12-29(24-32(34)42)36(37,38)39/h2-5,7-14,23-24,26H,6,15-22,25H2,1H3. The fourth-order valence-corrected chi connectivity index (χ4v) is 6.98. The molecule has 1 unspecified atom stereocenters. The maximum absolute atomic E-state index is 13.5. The summed E-state index contributed by atoms with van der Waals surface area (Å²) in [6.45, 7) is 8.12. The minimum absolute atomic E-state index is 0.257. The Kier molecular flexibility index (Phi) is 10.1. The van der Waals surface area contributed by atoms with Crippen LogP contribution in [0, 0.1) is 5.92 Å². The molecule has 1 fully saturated rings. The van der Waals surface area contributed by atoms with Crippen molar-refractivity contribution in [3.63, 3.8) is 0 Å². The Hall–Kier alpha value is -3.73. The summed E-state index contributed by atoms with van der Waals surface area (Å²) in [6, 6.07) is 25.9. The lowest BCUT2D eigenvalue weighted by atomic mass is 10.1. The Balaban J connectivity index is 0.918. The maximum Gasteiger partial charge on any atom is 0.416 e. The number of halogens is 3. The number of rotatable bonds is 11. The zero-order valence-electron chi connectivity index (χ0n) is 25.8. The minimum atomic E-state index is -4.38. The van der Waals surface area contributed by atoms with Gasteiger partial charge in [0.05, 0.1) is 22.9 Å². The summed E-state index contributed by atoms with van der Waals surface area (Å²) in [7, 11) is 0. The maximum atomic E-state index is 13.5. The molecule has 0 amide bonds. The lowest BCUT2D eigenvalue weighted by Crippen LogP contribution is -2.47. The summed E-state index contributed by atoms with van der Waals surface area (Å²) in [6.07, 6.45) is -3.56. The van der Waals surface area contributed by atoms with Crippen molar-refractivity contribution in [1.29, 1.82) is 0 Å². The van der Waals surface area contributed by atoms with Crippen molar-refractivity contribution in [2.24, 2.45) is 5.92 Å². The summed E-state index contributed by atoms with van der Waals surface area (Å²) in [5.74, 6) is 0.0956. The number of esters is 1. The van der Waals surface area contributed by atoms with E-state index < -0.39 is 11.7 Å². The average molecular weight is 650 g/mol. The molecule has 1 saturated heterocycles. The average Bonchev–Trinajstić information content (AvgIpc) is 3.06. The highest BCUT2D eigenvalue weighted by Crippen LogP contribution is 2.49. The topological polar surface area (TPSA) is 45.3 Å². The fourth-order valence-electron chi connectivity index (χ4n) is 5.90. The lowest BCUT2D eigenvalue weighted by Gasteiger charge is -2.36. The third-order valence-corrected chi connectivity index (χ3v) is 9.68. The summed E-state index contributed by atoms with van der Waals surface area (Å²) in [5, 5.41) is 2.24. The van der Waals surface area contributed by atoms with Gasteiger partial charge in [0.15, 0.2) is 0 Å². The number of carbonyl (C=O) groups excluding carboxylic acids is 1. The molecule has 4 aromatic rings. The van der Waals surface area contributed by atoms with E-state index in [0.717, 1.165) is 71.1 Å². The molecule has 0 radical (unpaired) electrons. The van der Waals surface area contributed by atoms with E-state index in [9.17, 15) is 18.0 Å². The third kappa shape index (κ3) is 7.79. The van der Waals surface area contributed by atoms with Gasteiger partial charge in [-0.2, -0.15) is 13.2 Å². The predicted octanol–water partition coefficient (Wildman–Crippen LogP) is 7.73. The molecular formula is C36H38F3N3O3S. The first-order valence-electron chi connectivity index (χ1n) is 15.7. The van der Waals surface area contributed by atoms with Gasteiger partial charge in [-0.3, -0.25) is 9.69 Å². The van der Waals surface area contributed by atoms with Gasteiger partial charge in [-0.05, 0) is 73.1 Å². The van der Waals surface area contributed by atoms with Crippen molar-refractivity contribution in [2.45, 2.75) is 29.3 Å². The van der Waals surface area contributed by atoms with E-state index in [1.54, 1.807) is 6.07 Å². The molecule has 46 heavy (non-hydrogen) atoms. The summed E-state index contributed by atoms with van der Waals surface area (Å²) in [4.78, 5) is 21.2. The van der Waals surface area contributed by atoms with Crippen LogP contribution in [0.1, 0.15) is 18.9 Å². The molecular weight excluding hydrogens is 611 g/mol. The normalized spacial score (nSPS) is 16.1. The first-order chi connectivity index (χ1) is 22.2. The molecule has 0 spiro atoms. The van der Waals surface area contributed by atoms with Gasteiger partial charge < -0.3 is 19.3 Å². The number of nitrogens with zero attached hydrogens (tertiary/aromatic N) is 3. The molecule has 0 bridgehead atoms. The largest absolute Gasteiger partial charge is 0.493 e. The van der Waals surface area contributed by atoms with Crippen LogP contribution in [0.25, 0.3) is 10.8 Å². The third-order valence-electron chi connectivity index (χ3n) is 8.55. The van der Waals surface area contributed by atoms with Crippen molar-refractivity contribution in [2.75, 3.05) is 63.9 Å². The molecule has 0 aromatic heterocycles. The van der Waals surface area contributed by atoms with Crippen molar-refractivity contribution in [3.05, 3.63) is 90.5 Å². The predicted molar refractivity (Wildman–Crippen MR) is 176 cm³/mol. The van der Waals surface area contributed by atoms with E-state index in [0.29, 0.717) is 25.4 Å². The Labute approximate surface area is 272 Å². The number of hydrogen-bond donors (Lipinski definition) is 0. The molecule has 4 aromatic carbocycles. The van der Waals surface area contributed by atoms with E-state index in [1.165, 1.54) is 23.9 Å². The van der Waals surface area contributed by atoms with Gasteiger partial charge in [0.1, 0.15) is 19.0 Å². The molecule has 6 rings (SSSR count). The minimum Gasteiger partial charge on any atom is -0.493 e. The second kappa shape index (κ2) is 14.4. The Morgan fingerprint density at radius 3 is 2.28 bits per heavy atom. The van der Waals surface area contributed by atoms with Crippen LogP contribution in [0.5, 0.6) is 5.75 Å². The number of anilines is 2. The van der Waals surface area contributed by atoms with E-state index in [-0.39, 0.29) is 18.5 Å². The monoisotopic (exact) mass is 649 g/mol. The second-order valence-corrected chi connectivity index (χ2v) is 12.9. The van der Waals surface area contributed by atoms with Gasteiger partial charge in [-0.15, -0.1) is 0 Å². The molecule has 10 heteroatoms. The molecule has 2 aliphatic heterocycles. The number of para-hydroxylation sites is 1. The Morgan fingerprint density at radius 1 is 0.804 bits per heavy atom. The van der Waals surface area contributed by atoms with Crippen molar-refractivity contribution in [1.82, 2.24) is 9.80 Å². The lowest BCUT2D eigenvalue weighted by molar-refractivity contribution is -0.149. The zero-order chi connectivity index (χ0) is 32.1. The first kappa shape index (κ1) is 32.2. The number of piperazine rings is 1. The Morgan fingerprint density at radius 2 is 1.50 bits per heavy atom. The Bertz CT molecular complexity index is 1660. The van der Waals surface area contributed by atoms with Crippen molar-refractivity contribution in [3.8, 4) is 5.75 Å². The summed E-state index contributed by atoms with van der Waals surface area (Å²) < 4.78 is 52.0. The van der Waals surface area contributed by atoms with E-state index in [4.69, 9.17) is 9.47 Å². The smallest absolute Gasteiger partial charge is 0.416 e. The molecule has 242 valence electrons. The molecule has 1 atom stereocenters. The quantitative estimate of drug-likeness (QED) is 0.154. The van der Waals surface area contributed by atoms with Gasteiger partial charge in [-0.25, -0.2) is 0 Å². The highest BCUT2D eigenvalue weighted by atomic mass is 32.2. The van der Waals surface area contributed by atoms with Crippen LogP contribution < -0.4 is 9.64 Å².